The molecular weight excluding hydrogens is 314 g/mol. The number of nitrogens with two attached hydrogens (primary N) is 1. The van der Waals surface area contributed by atoms with E-state index in [1.165, 1.54) is 0 Å². The van der Waals surface area contributed by atoms with Crippen LogP contribution < -0.4 is 5.73 Å². The molecule has 2 aliphatic rings. The number of carbonyl (C=O) groups is 1. The minimum absolute atomic E-state index is 0. The van der Waals surface area contributed by atoms with Gasteiger partial charge in [0.2, 0.25) is 15.9 Å². The van der Waals surface area contributed by atoms with Crippen LogP contribution in [0, 0.1) is 0 Å². The molecule has 1 atom stereocenters. The molecule has 6 nitrogen and oxygen atoms in total. The number of hydrogen-bond donors (Lipinski definition) is 1. The Hall–Kier alpha value is -0.370. The minimum Gasteiger partial charge on any atom is -0.338 e. The van der Waals surface area contributed by atoms with Crippen molar-refractivity contribution in [3.63, 3.8) is 0 Å². The quantitative estimate of drug-likeness (QED) is 0.766. The number of hydrogen-bond acceptors (Lipinski definition) is 4. The molecule has 2 saturated heterocycles. The van der Waals surface area contributed by atoms with Crippen LogP contribution in [-0.2, 0) is 14.8 Å². The molecule has 0 radical (unpaired) electrons. The number of nitrogens with zero attached hydrogens (tertiary/aromatic N) is 2. The van der Waals surface area contributed by atoms with Gasteiger partial charge in [0.05, 0.1) is 5.75 Å². The van der Waals surface area contributed by atoms with Gasteiger partial charge in [-0.3, -0.25) is 4.79 Å². The molecule has 1 amide bonds. The van der Waals surface area contributed by atoms with Crippen molar-refractivity contribution in [2.45, 2.75) is 44.6 Å². The van der Waals surface area contributed by atoms with E-state index in [9.17, 15) is 13.2 Å². The largest absolute Gasteiger partial charge is 0.338 e. The highest BCUT2D eigenvalue weighted by molar-refractivity contribution is 7.89. The summed E-state index contributed by atoms with van der Waals surface area (Å²) in [7, 11) is -3.16. The Kier molecular flexibility index (Phi) is 7.39. The van der Waals surface area contributed by atoms with E-state index in [1.54, 1.807) is 4.31 Å². The number of sulfonamides is 1. The molecule has 0 aromatic rings. The lowest BCUT2D eigenvalue weighted by Crippen LogP contribution is -2.40. The van der Waals surface area contributed by atoms with Crippen molar-refractivity contribution >= 4 is 28.3 Å². The summed E-state index contributed by atoms with van der Waals surface area (Å²) in [5, 5.41) is 0. The average molecular weight is 340 g/mol. The van der Waals surface area contributed by atoms with Gasteiger partial charge in [0.25, 0.3) is 0 Å². The fourth-order valence-electron chi connectivity index (χ4n) is 3.05. The highest BCUT2D eigenvalue weighted by atomic mass is 35.5. The molecule has 21 heavy (non-hydrogen) atoms. The fraction of sp³-hybridized carbons (Fsp3) is 0.923. The fourth-order valence-corrected chi connectivity index (χ4v) is 4.64. The lowest BCUT2D eigenvalue weighted by atomic mass is 10.2. The monoisotopic (exact) mass is 339 g/mol. The third-order valence-electron chi connectivity index (χ3n) is 4.22. The Morgan fingerprint density at radius 1 is 1.14 bits per heavy atom. The first-order chi connectivity index (χ1) is 9.54. The molecule has 2 heterocycles. The van der Waals surface area contributed by atoms with Crippen LogP contribution >= 0.6 is 12.4 Å². The molecule has 2 fully saturated rings. The second-order valence-corrected chi connectivity index (χ2v) is 7.73. The summed E-state index contributed by atoms with van der Waals surface area (Å²) in [5.74, 6) is 0.134. The molecule has 0 bridgehead atoms. The minimum atomic E-state index is -3.16. The Morgan fingerprint density at radius 2 is 1.81 bits per heavy atom. The number of likely N-dealkylation sites (tertiary alicyclic amines) is 1. The summed E-state index contributed by atoms with van der Waals surface area (Å²) in [6.07, 6.45) is 4.58. The lowest BCUT2D eigenvalue weighted by Gasteiger charge is -2.23. The summed E-state index contributed by atoms with van der Waals surface area (Å²) < 4.78 is 25.6. The maximum atomic E-state index is 12.1. The summed E-state index contributed by atoms with van der Waals surface area (Å²) in [5.41, 5.74) is 5.65. The Labute approximate surface area is 133 Å². The van der Waals surface area contributed by atoms with E-state index in [4.69, 9.17) is 5.73 Å². The number of halogens is 1. The SMILES string of the molecule is Cl.NCC1CCCN1C(=O)CCCS(=O)(=O)N1CCCC1. The average Bonchev–Trinajstić information content (AvgIpc) is 3.09. The maximum Gasteiger partial charge on any atom is 0.222 e. The van der Waals surface area contributed by atoms with Crippen LogP contribution in [0.4, 0.5) is 0 Å². The van der Waals surface area contributed by atoms with Gasteiger partial charge in [0.15, 0.2) is 0 Å². The molecule has 0 spiro atoms. The molecule has 2 N–H and O–H groups in total. The first-order valence-electron chi connectivity index (χ1n) is 7.52. The van der Waals surface area contributed by atoms with Gasteiger partial charge >= 0.3 is 0 Å². The zero-order chi connectivity index (χ0) is 14.6. The maximum absolute atomic E-state index is 12.1. The van der Waals surface area contributed by atoms with E-state index in [2.05, 4.69) is 0 Å². The van der Waals surface area contributed by atoms with Crippen LogP contribution in [0.15, 0.2) is 0 Å². The summed E-state index contributed by atoms with van der Waals surface area (Å²) in [6, 6.07) is 0.151. The van der Waals surface area contributed by atoms with Crippen molar-refractivity contribution in [2.75, 3.05) is 31.9 Å². The van der Waals surface area contributed by atoms with Gasteiger partial charge in [-0.1, -0.05) is 0 Å². The molecule has 124 valence electrons. The molecule has 0 aromatic carbocycles. The predicted octanol–water partition coefficient (Wildman–Crippen LogP) is 0.564. The van der Waals surface area contributed by atoms with E-state index in [-0.39, 0.29) is 30.1 Å². The van der Waals surface area contributed by atoms with Crippen LogP contribution in [-0.4, -0.2) is 61.5 Å². The summed E-state index contributed by atoms with van der Waals surface area (Å²) in [6.45, 7) is 2.53. The third kappa shape index (κ3) is 4.81. The number of carbonyl (C=O) groups excluding carboxylic acids is 1. The molecular formula is C13H26ClN3O3S. The first-order valence-corrected chi connectivity index (χ1v) is 9.13. The van der Waals surface area contributed by atoms with Crippen molar-refractivity contribution in [3.8, 4) is 0 Å². The van der Waals surface area contributed by atoms with Crippen molar-refractivity contribution in [3.05, 3.63) is 0 Å². The number of rotatable bonds is 6. The van der Waals surface area contributed by atoms with Gasteiger partial charge < -0.3 is 10.6 Å². The van der Waals surface area contributed by atoms with E-state index >= 15 is 0 Å². The Morgan fingerprint density at radius 3 is 2.43 bits per heavy atom. The van der Waals surface area contributed by atoms with Crippen molar-refractivity contribution < 1.29 is 13.2 Å². The highest BCUT2D eigenvalue weighted by Crippen LogP contribution is 2.19. The van der Waals surface area contributed by atoms with Crippen molar-refractivity contribution in [2.24, 2.45) is 5.73 Å². The van der Waals surface area contributed by atoms with Gasteiger partial charge in [0.1, 0.15) is 0 Å². The zero-order valence-corrected chi connectivity index (χ0v) is 14.0. The molecule has 0 aliphatic carbocycles. The van der Waals surface area contributed by atoms with Crippen LogP contribution in [0.1, 0.15) is 38.5 Å². The van der Waals surface area contributed by atoms with Gasteiger partial charge in [-0.05, 0) is 32.1 Å². The molecule has 1 unspecified atom stereocenters. The van der Waals surface area contributed by atoms with E-state index < -0.39 is 10.0 Å². The van der Waals surface area contributed by atoms with Gasteiger partial charge in [-0.25, -0.2) is 12.7 Å². The van der Waals surface area contributed by atoms with E-state index in [0.29, 0.717) is 32.5 Å². The van der Waals surface area contributed by atoms with Gasteiger partial charge in [0, 0.05) is 38.6 Å². The standard InChI is InChI=1S/C13H25N3O3S.ClH/c14-11-12-5-3-9-16(12)13(17)6-4-10-20(18,19)15-7-1-2-8-15;/h12H,1-11,14H2;1H. The van der Waals surface area contributed by atoms with Crippen molar-refractivity contribution in [1.82, 2.24) is 9.21 Å². The van der Waals surface area contributed by atoms with Crippen LogP contribution in [0.25, 0.3) is 0 Å². The molecule has 8 heteroatoms. The van der Waals surface area contributed by atoms with Crippen LogP contribution in [0.3, 0.4) is 0 Å². The second-order valence-electron chi connectivity index (χ2n) is 5.64. The lowest BCUT2D eigenvalue weighted by molar-refractivity contribution is -0.131. The second kappa shape index (κ2) is 8.31. The smallest absolute Gasteiger partial charge is 0.222 e. The van der Waals surface area contributed by atoms with E-state index in [1.807, 2.05) is 4.90 Å². The third-order valence-corrected chi connectivity index (χ3v) is 6.18. The predicted molar refractivity (Wildman–Crippen MR) is 84.9 cm³/mol. The van der Waals surface area contributed by atoms with Crippen LogP contribution in [0.2, 0.25) is 0 Å². The first kappa shape index (κ1) is 18.7. The summed E-state index contributed by atoms with van der Waals surface area (Å²) >= 11 is 0. The van der Waals surface area contributed by atoms with Gasteiger partial charge in [-0.2, -0.15) is 0 Å². The van der Waals surface area contributed by atoms with Crippen LogP contribution in [0.5, 0.6) is 0 Å². The molecule has 2 aliphatic heterocycles. The van der Waals surface area contributed by atoms with Crippen molar-refractivity contribution in [1.29, 1.82) is 0 Å². The number of amides is 1. The van der Waals surface area contributed by atoms with E-state index in [0.717, 1.165) is 32.2 Å². The summed E-state index contributed by atoms with van der Waals surface area (Å²) in [4.78, 5) is 13.9. The molecule has 0 aromatic heterocycles. The highest BCUT2D eigenvalue weighted by Gasteiger charge is 2.28. The zero-order valence-electron chi connectivity index (χ0n) is 12.4. The van der Waals surface area contributed by atoms with Gasteiger partial charge in [-0.15, -0.1) is 12.4 Å². The molecule has 2 rings (SSSR count). The Bertz CT molecular complexity index is 438. The normalized spacial score (nSPS) is 23.3. The molecule has 0 saturated carbocycles. The topological polar surface area (TPSA) is 83.7 Å². The Balaban J connectivity index is 0.00000220.